The summed E-state index contributed by atoms with van der Waals surface area (Å²) in [6, 6.07) is 14.3. The van der Waals surface area contributed by atoms with Gasteiger partial charge in [-0.2, -0.15) is 5.10 Å². The van der Waals surface area contributed by atoms with Crippen LogP contribution in [-0.2, 0) is 16.6 Å². The fourth-order valence-corrected chi connectivity index (χ4v) is 3.90. The molecule has 0 bridgehead atoms. The molecular formula is C20H20ClN3O5S. The highest BCUT2D eigenvalue weighted by Crippen LogP contribution is 2.29. The van der Waals surface area contributed by atoms with E-state index in [1.807, 2.05) is 0 Å². The molecule has 0 radical (unpaired) electrons. The highest BCUT2D eigenvalue weighted by molar-refractivity contribution is 7.89. The molecule has 0 atom stereocenters. The number of aromatic nitrogens is 2. The topological polar surface area (TPSA) is 99.5 Å². The fourth-order valence-electron chi connectivity index (χ4n) is 2.74. The zero-order chi connectivity index (χ0) is 21.7. The molecule has 1 aromatic heterocycles. The van der Waals surface area contributed by atoms with Crippen molar-refractivity contribution in [3.05, 3.63) is 70.0 Å². The molecule has 0 amide bonds. The molecule has 1 N–H and O–H groups in total. The Hall–Kier alpha value is -2.88. The lowest BCUT2D eigenvalue weighted by molar-refractivity contribution is 0.354. The molecule has 3 rings (SSSR count). The van der Waals surface area contributed by atoms with E-state index in [-0.39, 0.29) is 23.5 Å². The second kappa shape index (κ2) is 9.29. The largest absolute Gasteiger partial charge is 0.493 e. The molecule has 0 aliphatic carbocycles. The first-order valence-electron chi connectivity index (χ1n) is 8.90. The standard InChI is InChI=1S/C20H20ClN3O5S/c1-28-18-9-7-16(13-19(18)29-2)30(26,27)22-11-12-24-20(25)10-8-17(23-24)14-3-5-15(21)6-4-14/h3-10,13,22H,11-12H2,1-2H3. The third kappa shape index (κ3) is 4.99. The van der Waals surface area contributed by atoms with Gasteiger partial charge in [0.15, 0.2) is 11.5 Å². The van der Waals surface area contributed by atoms with Crippen molar-refractivity contribution in [3.63, 3.8) is 0 Å². The Morgan fingerprint density at radius 2 is 1.70 bits per heavy atom. The Morgan fingerprint density at radius 1 is 1.00 bits per heavy atom. The number of nitrogens with one attached hydrogen (secondary N) is 1. The van der Waals surface area contributed by atoms with Crippen molar-refractivity contribution >= 4 is 21.6 Å². The van der Waals surface area contributed by atoms with Crippen molar-refractivity contribution in [2.45, 2.75) is 11.4 Å². The van der Waals surface area contributed by atoms with Gasteiger partial charge in [0.2, 0.25) is 10.0 Å². The van der Waals surface area contributed by atoms with Crippen LogP contribution in [-0.4, -0.2) is 39.0 Å². The number of benzene rings is 2. The maximum Gasteiger partial charge on any atom is 0.266 e. The van der Waals surface area contributed by atoms with Crippen LogP contribution in [0, 0.1) is 0 Å². The van der Waals surface area contributed by atoms with Crippen LogP contribution >= 0.6 is 11.6 Å². The van der Waals surface area contributed by atoms with E-state index in [2.05, 4.69) is 9.82 Å². The first kappa shape index (κ1) is 21.8. The van der Waals surface area contributed by atoms with Crippen molar-refractivity contribution in [1.82, 2.24) is 14.5 Å². The summed E-state index contributed by atoms with van der Waals surface area (Å²) in [5.41, 5.74) is 1.03. The van der Waals surface area contributed by atoms with Crippen LogP contribution in [0.1, 0.15) is 0 Å². The summed E-state index contributed by atoms with van der Waals surface area (Å²) < 4.78 is 39.1. The van der Waals surface area contributed by atoms with Gasteiger partial charge in [-0.25, -0.2) is 17.8 Å². The first-order chi connectivity index (χ1) is 14.3. The number of rotatable bonds is 8. The predicted octanol–water partition coefficient (Wildman–Crippen LogP) is 2.56. The van der Waals surface area contributed by atoms with Crippen LogP contribution < -0.4 is 19.8 Å². The molecule has 8 nitrogen and oxygen atoms in total. The molecule has 0 aliphatic heterocycles. The van der Waals surface area contributed by atoms with E-state index in [1.54, 1.807) is 30.3 Å². The molecule has 2 aromatic carbocycles. The minimum absolute atomic E-state index is 0.0202. The van der Waals surface area contributed by atoms with E-state index in [4.69, 9.17) is 21.1 Å². The second-order valence-electron chi connectivity index (χ2n) is 6.20. The van der Waals surface area contributed by atoms with Gasteiger partial charge < -0.3 is 9.47 Å². The van der Waals surface area contributed by atoms with E-state index in [0.29, 0.717) is 22.2 Å². The van der Waals surface area contributed by atoms with Crippen molar-refractivity contribution in [2.75, 3.05) is 20.8 Å². The summed E-state index contributed by atoms with van der Waals surface area (Å²) in [7, 11) is -0.922. The molecule has 0 aliphatic rings. The molecule has 0 unspecified atom stereocenters. The van der Waals surface area contributed by atoms with Gasteiger partial charge in [-0.3, -0.25) is 4.79 Å². The lowest BCUT2D eigenvalue weighted by Crippen LogP contribution is -2.32. The summed E-state index contributed by atoms with van der Waals surface area (Å²) in [5, 5.41) is 4.90. The average Bonchev–Trinajstić information content (AvgIpc) is 2.75. The predicted molar refractivity (Wildman–Crippen MR) is 114 cm³/mol. The van der Waals surface area contributed by atoms with Gasteiger partial charge in [0.05, 0.1) is 31.4 Å². The zero-order valence-electron chi connectivity index (χ0n) is 16.3. The number of halogens is 1. The van der Waals surface area contributed by atoms with Crippen LogP contribution in [0.15, 0.2) is 64.3 Å². The van der Waals surface area contributed by atoms with Crippen molar-refractivity contribution < 1.29 is 17.9 Å². The Labute approximate surface area is 179 Å². The Kier molecular flexibility index (Phi) is 6.76. The van der Waals surface area contributed by atoms with Crippen molar-refractivity contribution in [2.24, 2.45) is 0 Å². The highest BCUT2D eigenvalue weighted by Gasteiger charge is 2.17. The van der Waals surface area contributed by atoms with E-state index < -0.39 is 10.0 Å². The molecule has 0 saturated heterocycles. The molecule has 3 aromatic rings. The Bertz CT molecular complexity index is 1190. The van der Waals surface area contributed by atoms with Gasteiger partial charge in [-0.1, -0.05) is 23.7 Å². The van der Waals surface area contributed by atoms with Crippen LogP contribution in [0.2, 0.25) is 5.02 Å². The lowest BCUT2D eigenvalue weighted by Gasteiger charge is -2.11. The number of ether oxygens (including phenoxy) is 2. The van der Waals surface area contributed by atoms with Crippen LogP contribution in [0.4, 0.5) is 0 Å². The minimum atomic E-state index is -3.81. The van der Waals surface area contributed by atoms with Gasteiger partial charge in [0.1, 0.15) is 0 Å². The number of methoxy groups -OCH3 is 2. The zero-order valence-corrected chi connectivity index (χ0v) is 17.9. The Morgan fingerprint density at radius 3 is 2.37 bits per heavy atom. The van der Waals surface area contributed by atoms with E-state index in [1.165, 1.54) is 43.2 Å². The van der Waals surface area contributed by atoms with Gasteiger partial charge in [-0.15, -0.1) is 0 Å². The van der Waals surface area contributed by atoms with Crippen molar-refractivity contribution in [3.8, 4) is 22.8 Å². The smallest absolute Gasteiger partial charge is 0.266 e. The molecule has 1 heterocycles. The summed E-state index contributed by atoms with van der Waals surface area (Å²) in [5.74, 6) is 0.722. The lowest BCUT2D eigenvalue weighted by atomic mass is 10.1. The molecule has 0 fully saturated rings. The van der Waals surface area contributed by atoms with E-state index in [0.717, 1.165) is 5.56 Å². The monoisotopic (exact) mass is 449 g/mol. The maximum absolute atomic E-state index is 12.6. The van der Waals surface area contributed by atoms with Crippen molar-refractivity contribution in [1.29, 1.82) is 0 Å². The third-order valence-corrected chi connectivity index (χ3v) is 6.00. The average molecular weight is 450 g/mol. The molecule has 30 heavy (non-hydrogen) atoms. The normalized spacial score (nSPS) is 11.3. The summed E-state index contributed by atoms with van der Waals surface area (Å²) in [6.45, 7) is 0.0421. The van der Waals surface area contributed by atoms with Gasteiger partial charge in [-0.05, 0) is 30.3 Å². The molecule has 10 heteroatoms. The second-order valence-corrected chi connectivity index (χ2v) is 8.40. The van der Waals surface area contributed by atoms with E-state index in [9.17, 15) is 13.2 Å². The van der Waals surface area contributed by atoms with Gasteiger partial charge in [0.25, 0.3) is 5.56 Å². The molecular weight excluding hydrogens is 430 g/mol. The third-order valence-electron chi connectivity index (χ3n) is 4.29. The maximum atomic E-state index is 12.6. The summed E-state index contributed by atoms with van der Waals surface area (Å²) >= 11 is 5.90. The van der Waals surface area contributed by atoms with Gasteiger partial charge in [0, 0.05) is 29.3 Å². The van der Waals surface area contributed by atoms with Crippen LogP contribution in [0.3, 0.4) is 0 Å². The number of nitrogens with zero attached hydrogens (tertiary/aromatic N) is 2. The molecule has 158 valence electrons. The fraction of sp³-hybridized carbons (Fsp3) is 0.200. The van der Waals surface area contributed by atoms with E-state index >= 15 is 0 Å². The van der Waals surface area contributed by atoms with Gasteiger partial charge >= 0.3 is 0 Å². The summed E-state index contributed by atoms with van der Waals surface area (Å²) in [4.78, 5) is 12.1. The first-order valence-corrected chi connectivity index (χ1v) is 10.8. The number of sulfonamides is 1. The quantitative estimate of drug-likeness (QED) is 0.567. The molecule has 0 saturated carbocycles. The highest BCUT2D eigenvalue weighted by atomic mass is 35.5. The van der Waals surface area contributed by atoms with Crippen LogP contribution in [0.25, 0.3) is 11.3 Å². The Balaban J connectivity index is 1.73. The summed E-state index contributed by atoms with van der Waals surface area (Å²) in [6.07, 6.45) is 0. The molecule has 0 spiro atoms. The minimum Gasteiger partial charge on any atom is -0.493 e. The van der Waals surface area contributed by atoms with Crippen LogP contribution in [0.5, 0.6) is 11.5 Å². The number of hydrogen-bond donors (Lipinski definition) is 1. The number of hydrogen-bond acceptors (Lipinski definition) is 6. The SMILES string of the molecule is COc1ccc(S(=O)(=O)NCCn2nc(-c3ccc(Cl)cc3)ccc2=O)cc1OC.